The maximum atomic E-state index is 10.0. The minimum Gasteiger partial charge on any atom is -0.550 e. The number of likely N-dealkylation sites (N-methyl/N-ethyl adjacent to an activating group) is 4. The van der Waals surface area contributed by atoms with Crippen LogP contribution in [0.5, 0.6) is 0 Å². The van der Waals surface area contributed by atoms with Gasteiger partial charge < -0.3 is 88.2 Å². The van der Waals surface area contributed by atoms with E-state index in [4.69, 9.17) is 30.6 Å². The molecule has 0 aromatic rings. The van der Waals surface area contributed by atoms with Gasteiger partial charge in [-0.05, 0) is 0 Å². The first-order valence-corrected chi connectivity index (χ1v) is 14.2. The number of aliphatic hydroxyl groups is 6. The minimum absolute atomic E-state index is 0.281. The number of aliphatic carboxylic acids is 4. The van der Waals surface area contributed by atoms with E-state index in [-0.39, 0.29) is 26.1 Å². The Morgan fingerprint density at radius 1 is 0.478 bits per heavy atom. The molecule has 278 valence electrons. The lowest BCUT2D eigenvalue weighted by Gasteiger charge is -2.26. The first-order chi connectivity index (χ1) is 20.2. The summed E-state index contributed by atoms with van der Waals surface area (Å²) in [6.45, 7) is 3.08. The van der Waals surface area contributed by atoms with Crippen LogP contribution in [0.15, 0.2) is 0 Å². The maximum Gasteiger partial charge on any atom is 0.124 e. The highest BCUT2D eigenvalue weighted by atomic mass is 16.4. The molecule has 0 bridgehead atoms. The largest absolute Gasteiger partial charge is 0.550 e. The smallest absolute Gasteiger partial charge is 0.124 e. The van der Waals surface area contributed by atoms with Crippen LogP contribution in [0.3, 0.4) is 0 Å². The van der Waals surface area contributed by atoms with Gasteiger partial charge in [0.1, 0.15) is 50.6 Å². The Bertz CT molecular complexity index is 764. The molecule has 6 N–H and O–H groups in total. The standard InChI is InChI=1S/2C7H15NO3.2C5H14NO.C4H6O6/c2*1-8(2,3)5-6(9)4-7(10)11;2*1-6(2,3)4-5-7;5-1(3(7)8)2(6)4(9)10/h2*6,9H,4-5H2,1-3H3;2*7H,4-5H2,1-3H3;1-2,5-6H,(H,7,8)(H,9,10)/q;;2*+1;/p-2. The van der Waals surface area contributed by atoms with E-state index >= 15 is 0 Å². The molecule has 0 aliphatic carbocycles. The van der Waals surface area contributed by atoms with Crippen LogP contribution in [0.25, 0.3) is 0 Å². The van der Waals surface area contributed by atoms with Gasteiger partial charge in [0.05, 0.1) is 110 Å². The number of nitrogens with zero attached hydrogens (tertiary/aromatic N) is 4. The lowest BCUT2D eigenvalue weighted by atomic mass is 10.2. The molecule has 4 unspecified atom stereocenters. The van der Waals surface area contributed by atoms with Crippen molar-refractivity contribution in [3.63, 3.8) is 0 Å². The number of quaternary nitrogens is 4. The Balaban J connectivity index is -0.000000154. The molecule has 0 aromatic heterocycles. The average Bonchev–Trinajstić information content (AvgIpc) is 2.74. The second-order valence-electron chi connectivity index (χ2n) is 14.4. The van der Waals surface area contributed by atoms with E-state index in [1.54, 1.807) is 0 Å². The topological polar surface area (TPSA) is 282 Å². The SMILES string of the molecule is C[N+](C)(C)CC(O)CC(=O)[O-].C[N+](C)(C)CC(O)CC(=O)[O-].C[N+](C)(C)CCO.C[N+](C)(C)CCO.O=C([O-])C(O)C(O)C(=O)[O-]. The molecule has 0 aromatic carbocycles. The number of hydrogen-bond donors (Lipinski definition) is 6. The lowest BCUT2D eigenvalue weighted by Crippen LogP contribution is -2.51. The molecule has 0 heterocycles. The second-order valence-corrected chi connectivity index (χ2v) is 14.4. The Hall–Kier alpha value is -2.52. The van der Waals surface area contributed by atoms with Gasteiger partial charge in [-0.15, -0.1) is 0 Å². The summed E-state index contributed by atoms with van der Waals surface area (Å²) in [7, 11) is 23.6. The number of carbonyl (C=O) groups is 4. The van der Waals surface area contributed by atoms with Gasteiger partial charge in [-0.3, -0.25) is 0 Å². The third-order valence-electron chi connectivity index (χ3n) is 4.65. The molecule has 0 saturated heterocycles. The predicted molar refractivity (Wildman–Crippen MR) is 159 cm³/mol. The van der Waals surface area contributed by atoms with Crippen molar-refractivity contribution in [2.24, 2.45) is 0 Å². The molecule has 18 nitrogen and oxygen atoms in total. The first kappa shape index (κ1) is 53.0. The zero-order valence-electron chi connectivity index (χ0n) is 29.7. The third kappa shape index (κ3) is 54.0. The van der Waals surface area contributed by atoms with Crippen LogP contribution in [0.1, 0.15) is 12.8 Å². The molecule has 18 heteroatoms. The number of carboxylic acids is 4. The van der Waals surface area contributed by atoms with Crippen molar-refractivity contribution in [3.05, 3.63) is 0 Å². The summed E-state index contributed by atoms with van der Waals surface area (Å²) in [4.78, 5) is 39.3. The highest BCUT2D eigenvalue weighted by Crippen LogP contribution is 1.98. The number of hydrogen-bond acceptors (Lipinski definition) is 14. The number of carboxylic acid groups (broad SMARTS) is 4. The molecule has 0 radical (unpaired) electrons. The van der Waals surface area contributed by atoms with E-state index in [0.717, 1.165) is 22.1 Å². The maximum absolute atomic E-state index is 10.0. The van der Waals surface area contributed by atoms with Gasteiger partial charge in [0.2, 0.25) is 0 Å². The van der Waals surface area contributed by atoms with Crippen molar-refractivity contribution in [3.8, 4) is 0 Å². The van der Waals surface area contributed by atoms with Crippen LogP contribution in [-0.4, -0.2) is 221 Å². The highest BCUT2D eigenvalue weighted by molar-refractivity contribution is 5.80. The zero-order chi connectivity index (χ0) is 38.3. The summed E-state index contributed by atoms with van der Waals surface area (Å²) < 4.78 is 2.79. The summed E-state index contributed by atoms with van der Waals surface area (Å²) in [5.74, 6) is -6.52. The fourth-order valence-corrected chi connectivity index (χ4v) is 2.64. The predicted octanol–water partition coefficient (Wildman–Crippen LogP) is -9.04. The molecule has 0 rings (SSSR count). The molecular weight excluding hydrogens is 616 g/mol. The van der Waals surface area contributed by atoms with Gasteiger partial charge in [-0.2, -0.15) is 0 Å². The summed E-state index contributed by atoms with van der Waals surface area (Å²) in [6, 6.07) is 0. The highest BCUT2D eigenvalue weighted by Gasteiger charge is 2.18. The van der Waals surface area contributed by atoms with Crippen molar-refractivity contribution >= 4 is 23.9 Å². The van der Waals surface area contributed by atoms with Gasteiger partial charge in [0.25, 0.3) is 0 Å². The van der Waals surface area contributed by atoms with E-state index < -0.39 is 48.3 Å². The van der Waals surface area contributed by atoms with E-state index in [2.05, 4.69) is 42.3 Å². The van der Waals surface area contributed by atoms with E-state index in [1.807, 2.05) is 42.3 Å². The third-order valence-corrected chi connectivity index (χ3v) is 4.65. The van der Waals surface area contributed by atoms with Gasteiger partial charge in [0, 0.05) is 24.8 Å². The Morgan fingerprint density at radius 3 is 0.783 bits per heavy atom. The van der Waals surface area contributed by atoms with Crippen LogP contribution < -0.4 is 20.4 Å². The summed E-state index contributed by atoms with van der Waals surface area (Å²) >= 11 is 0. The van der Waals surface area contributed by atoms with Crippen LogP contribution in [0.2, 0.25) is 0 Å². The summed E-state index contributed by atoms with van der Waals surface area (Å²) in [5.41, 5.74) is 0. The first-order valence-electron chi connectivity index (χ1n) is 14.2. The van der Waals surface area contributed by atoms with Crippen LogP contribution in [0.4, 0.5) is 0 Å². The average molecular weight is 679 g/mol. The quantitative estimate of drug-likeness (QED) is 0.0878. The van der Waals surface area contributed by atoms with Gasteiger partial charge in [-0.1, -0.05) is 0 Å². The fraction of sp³-hybridized carbons (Fsp3) is 0.857. The van der Waals surface area contributed by atoms with E-state index in [9.17, 15) is 39.6 Å². The molecule has 0 aliphatic rings. The van der Waals surface area contributed by atoms with Gasteiger partial charge in [-0.25, -0.2) is 0 Å². The summed E-state index contributed by atoms with van der Waals surface area (Å²) in [6.07, 6.45) is -7.06. The monoisotopic (exact) mass is 678 g/mol. The van der Waals surface area contributed by atoms with Crippen molar-refractivity contribution in [2.75, 3.05) is 124 Å². The zero-order valence-corrected chi connectivity index (χ0v) is 29.7. The number of rotatable bonds is 15. The van der Waals surface area contributed by atoms with Crippen molar-refractivity contribution in [1.82, 2.24) is 0 Å². The summed E-state index contributed by atoms with van der Waals surface area (Å²) in [5, 5.41) is 90.8. The molecule has 46 heavy (non-hydrogen) atoms. The van der Waals surface area contributed by atoms with Crippen LogP contribution in [-0.2, 0) is 19.2 Å². The number of aliphatic hydroxyl groups excluding tert-OH is 6. The Morgan fingerprint density at radius 2 is 0.696 bits per heavy atom. The fourth-order valence-electron chi connectivity index (χ4n) is 2.64. The molecule has 0 aliphatic heterocycles. The van der Waals surface area contributed by atoms with Gasteiger partial charge >= 0.3 is 0 Å². The van der Waals surface area contributed by atoms with Crippen molar-refractivity contribution in [1.29, 1.82) is 0 Å². The second kappa shape index (κ2) is 25.6. The van der Waals surface area contributed by atoms with Crippen LogP contribution in [0, 0.1) is 0 Å². The van der Waals surface area contributed by atoms with Gasteiger partial charge in [0.15, 0.2) is 0 Å². The molecule has 0 spiro atoms. The normalized spacial score (nSPS) is 14.0. The molecular formula is C28H62N4O14. The minimum atomic E-state index is -2.44. The molecule has 0 fully saturated rings. The molecule has 0 saturated carbocycles. The Labute approximate surface area is 273 Å². The van der Waals surface area contributed by atoms with E-state index in [0.29, 0.717) is 22.1 Å². The molecule has 0 amide bonds. The lowest BCUT2D eigenvalue weighted by molar-refractivity contribution is -0.873. The Kier molecular flexibility index (Phi) is 29.4. The number of carbonyl (C=O) groups excluding carboxylic acids is 4. The van der Waals surface area contributed by atoms with E-state index in [1.165, 1.54) is 0 Å². The molecule has 4 atom stereocenters. The van der Waals surface area contributed by atoms with Crippen molar-refractivity contribution < 1.29 is 88.2 Å². The van der Waals surface area contributed by atoms with Crippen LogP contribution >= 0.6 is 0 Å². The van der Waals surface area contributed by atoms with Crippen molar-refractivity contribution in [2.45, 2.75) is 37.3 Å².